The molecular formula is C12H11N5. The average molecular weight is 225 g/mol. The smallest absolute Gasteiger partial charge is 0.239 e. The van der Waals surface area contributed by atoms with Crippen molar-refractivity contribution in [2.75, 3.05) is 5.73 Å². The van der Waals surface area contributed by atoms with Crippen molar-refractivity contribution < 1.29 is 0 Å². The number of hydrogen-bond donors (Lipinski definition) is 2. The van der Waals surface area contributed by atoms with Crippen molar-refractivity contribution in [3.8, 4) is 11.4 Å². The van der Waals surface area contributed by atoms with Gasteiger partial charge in [-0.1, -0.05) is 6.07 Å². The molecule has 0 saturated carbocycles. The number of nitrogens with two attached hydrogens (primary N) is 1. The van der Waals surface area contributed by atoms with Gasteiger partial charge < -0.3 is 5.73 Å². The van der Waals surface area contributed by atoms with Gasteiger partial charge in [-0.15, -0.1) is 5.10 Å². The van der Waals surface area contributed by atoms with Gasteiger partial charge in [-0.25, -0.2) is 0 Å². The van der Waals surface area contributed by atoms with Gasteiger partial charge in [-0.2, -0.15) is 4.98 Å². The Labute approximate surface area is 97.7 Å². The molecule has 0 amide bonds. The Bertz CT molecular complexity index is 686. The third-order valence-electron chi connectivity index (χ3n) is 2.60. The van der Waals surface area contributed by atoms with Gasteiger partial charge in [-0.3, -0.25) is 10.1 Å². The van der Waals surface area contributed by atoms with E-state index in [9.17, 15) is 0 Å². The second kappa shape index (κ2) is 3.55. The van der Waals surface area contributed by atoms with Crippen LogP contribution >= 0.6 is 0 Å². The predicted molar refractivity (Wildman–Crippen MR) is 66.3 cm³/mol. The van der Waals surface area contributed by atoms with Crippen LogP contribution in [0.15, 0.2) is 30.3 Å². The van der Waals surface area contributed by atoms with E-state index in [0.717, 1.165) is 22.2 Å². The fourth-order valence-corrected chi connectivity index (χ4v) is 1.78. The summed E-state index contributed by atoms with van der Waals surface area (Å²) in [6.45, 7) is 1.98. The molecule has 17 heavy (non-hydrogen) atoms. The van der Waals surface area contributed by atoms with Crippen LogP contribution in [0.3, 0.4) is 0 Å². The van der Waals surface area contributed by atoms with E-state index in [1.54, 1.807) is 0 Å². The maximum atomic E-state index is 5.48. The molecule has 3 aromatic rings. The molecule has 3 rings (SSSR count). The molecule has 0 atom stereocenters. The first-order valence-corrected chi connectivity index (χ1v) is 5.28. The van der Waals surface area contributed by atoms with Crippen LogP contribution in [0.2, 0.25) is 0 Å². The SMILES string of the molecule is Cc1ccc2cc(-c3nc(N)n[nH]3)ccc2n1. The molecule has 0 aliphatic heterocycles. The molecule has 0 aliphatic carbocycles. The molecule has 2 aromatic heterocycles. The first kappa shape index (κ1) is 9.77. The number of rotatable bonds is 1. The number of fused-ring (bicyclic) bond motifs is 1. The number of nitrogens with one attached hydrogen (secondary N) is 1. The van der Waals surface area contributed by atoms with Crippen LogP contribution in [0.1, 0.15) is 5.69 Å². The minimum Gasteiger partial charge on any atom is -0.366 e. The van der Waals surface area contributed by atoms with E-state index in [0.29, 0.717) is 5.82 Å². The number of aryl methyl sites for hydroxylation is 1. The zero-order valence-electron chi connectivity index (χ0n) is 9.31. The third-order valence-corrected chi connectivity index (χ3v) is 2.60. The lowest BCUT2D eigenvalue weighted by Gasteiger charge is -2.01. The Morgan fingerprint density at radius 3 is 2.76 bits per heavy atom. The fourth-order valence-electron chi connectivity index (χ4n) is 1.78. The number of H-pyrrole nitrogens is 1. The van der Waals surface area contributed by atoms with Crippen LogP contribution < -0.4 is 5.73 Å². The highest BCUT2D eigenvalue weighted by atomic mass is 15.3. The molecule has 0 radical (unpaired) electrons. The first-order valence-electron chi connectivity index (χ1n) is 5.28. The van der Waals surface area contributed by atoms with Crippen molar-refractivity contribution in [3.63, 3.8) is 0 Å². The predicted octanol–water partition coefficient (Wildman–Crippen LogP) is 1.91. The highest BCUT2D eigenvalue weighted by Crippen LogP contribution is 2.21. The fraction of sp³-hybridized carbons (Fsp3) is 0.0833. The van der Waals surface area contributed by atoms with E-state index in [-0.39, 0.29) is 5.95 Å². The van der Waals surface area contributed by atoms with Crippen molar-refractivity contribution >= 4 is 16.9 Å². The van der Waals surface area contributed by atoms with Gasteiger partial charge in [0.15, 0.2) is 5.82 Å². The lowest BCUT2D eigenvalue weighted by molar-refractivity contribution is 1.10. The van der Waals surface area contributed by atoms with Gasteiger partial charge in [0.25, 0.3) is 0 Å². The van der Waals surface area contributed by atoms with Gasteiger partial charge in [0.1, 0.15) is 0 Å². The molecular weight excluding hydrogens is 214 g/mol. The van der Waals surface area contributed by atoms with Crippen molar-refractivity contribution in [2.45, 2.75) is 6.92 Å². The van der Waals surface area contributed by atoms with Gasteiger partial charge in [0, 0.05) is 16.6 Å². The Morgan fingerprint density at radius 2 is 2.00 bits per heavy atom. The molecule has 3 N–H and O–H groups in total. The summed E-state index contributed by atoms with van der Waals surface area (Å²) >= 11 is 0. The molecule has 1 aromatic carbocycles. The summed E-state index contributed by atoms with van der Waals surface area (Å²) in [6, 6.07) is 9.97. The number of benzene rings is 1. The van der Waals surface area contributed by atoms with Crippen molar-refractivity contribution in [2.24, 2.45) is 0 Å². The molecule has 0 spiro atoms. The van der Waals surface area contributed by atoms with Crippen LogP contribution in [-0.2, 0) is 0 Å². The van der Waals surface area contributed by atoms with E-state index in [4.69, 9.17) is 5.73 Å². The summed E-state index contributed by atoms with van der Waals surface area (Å²) in [4.78, 5) is 8.54. The summed E-state index contributed by atoms with van der Waals surface area (Å²) in [5.41, 5.74) is 8.42. The summed E-state index contributed by atoms with van der Waals surface area (Å²) in [5, 5.41) is 7.68. The zero-order chi connectivity index (χ0) is 11.8. The Hall–Kier alpha value is -2.43. The number of nitrogen functional groups attached to an aromatic ring is 1. The zero-order valence-corrected chi connectivity index (χ0v) is 9.31. The second-order valence-corrected chi connectivity index (χ2v) is 3.90. The third kappa shape index (κ3) is 1.71. The van der Waals surface area contributed by atoms with E-state index in [1.807, 2.05) is 37.3 Å². The summed E-state index contributed by atoms with van der Waals surface area (Å²) < 4.78 is 0. The van der Waals surface area contributed by atoms with Crippen molar-refractivity contribution in [1.29, 1.82) is 0 Å². The van der Waals surface area contributed by atoms with Gasteiger partial charge in [-0.05, 0) is 31.2 Å². The molecule has 0 aliphatic rings. The number of pyridine rings is 1. The lowest BCUT2D eigenvalue weighted by atomic mass is 10.1. The molecule has 2 heterocycles. The molecule has 5 nitrogen and oxygen atoms in total. The quantitative estimate of drug-likeness (QED) is 0.663. The minimum absolute atomic E-state index is 0.252. The standard InChI is InChI=1S/C12H11N5/c1-7-2-3-8-6-9(4-5-10(8)14-7)11-15-12(13)17-16-11/h2-6H,1H3,(H3,13,15,16,17). The highest BCUT2D eigenvalue weighted by Gasteiger charge is 2.04. The molecule has 0 fully saturated rings. The van der Waals surface area contributed by atoms with Crippen LogP contribution in [0.5, 0.6) is 0 Å². The number of aromatic amines is 1. The normalized spacial score (nSPS) is 10.9. The van der Waals surface area contributed by atoms with Crippen molar-refractivity contribution in [3.05, 3.63) is 36.0 Å². The first-order chi connectivity index (χ1) is 8.22. The molecule has 0 unspecified atom stereocenters. The largest absolute Gasteiger partial charge is 0.366 e. The van der Waals surface area contributed by atoms with E-state index >= 15 is 0 Å². The molecule has 84 valence electrons. The van der Waals surface area contributed by atoms with Crippen molar-refractivity contribution in [1.82, 2.24) is 20.2 Å². The summed E-state index contributed by atoms with van der Waals surface area (Å²) in [5.74, 6) is 0.923. The van der Waals surface area contributed by atoms with Crippen LogP contribution in [0.25, 0.3) is 22.3 Å². The van der Waals surface area contributed by atoms with Crippen LogP contribution in [0, 0.1) is 6.92 Å². The maximum absolute atomic E-state index is 5.48. The minimum atomic E-state index is 0.252. The van der Waals surface area contributed by atoms with Crippen LogP contribution in [-0.4, -0.2) is 20.2 Å². The summed E-state index contributed by atoms with van der Waals surface area (Å²) in [6.07, 6.45) is 0. The monoisotopic (exact) mass is 225 g/mol. The number of hydrogen-bond acceptors (Lipinski definition) is 4. The Kier molecular flexibility index (Phi) is 2.04. The Morgan fingerprint density at radius 1 is 1.12 bits per heavy atom. The van der Waals surface area contributed by atoms with Crippen LogP contribution in [0.4, 0.5) is 5.95 Å². The second-order valence-electron chi connectivity index (χ2n) is 3.90. The number of nitrogens with zero attached hydrogens (tertiary/aromatic N) is 3. The van der Waals surface area contributed by atoms with E-state index < -0.39 is 0 Å². The summed E-state index contributed by atoms with van der Waals surface area (Å²) in [7, 11) is 0. The van der Waals surface area contributed by atoms with E-state index in [1.165, 1.54) is 0 Å². The number of aromatic nitrogens is 4. The van der Waals surface area contributed by atoms with E-state index in [2.05, 4.69) is 20.2 Å². The average Bonchev–Trinajstić information content (AvgIpc) is 2.75. The highest BCUT2D eigenvalue weighted by molar-refractivity contribution is 5.83. The molecule has 0 bridgehead atoms. The topological polar surface area (TPSA) is 80.5 Å². The number of anilines is 1. The molecule has 5 heteroatoms. The molecule has 0 saturated heterocycles. The van der Waals surface area contributed by atoms with Gasteiger partial charge >= 0.3 is 0 Å². The Balaban J connectivity index is 2.16. The maximum Gasteiger partial charge on any atom is 0.239 e. The van der Waals surface area contributed by atoms with Gasteiger partial charge in [0.05, 0.1) is 5.52 Å². The van der Waals surface area contributed by atoms with Gasteiger partial charge in [0.2, 0.25) is 5.95 Å². The lowest BCUT2D eigenvalue weighted by Crippen LogP contribution is -1.86.